The molecule has 12 heteroatoms. The summed E-state index contributed by atoms with van der Waals surface area (Å²) in [5.41, 5.74) is -1.37. The van der Waals surface area contributed by atoms with Crippen LogP contribution in [0.1, 0.15) is 32.6 Å². The summed E-state index contributed by atoms with van der Waals surface area (Å²) in [4.78, 5) is 62.2. The molecule has 0 bridgehead atoms. The summed E-state index contributed by atoms with van der Waals surface area (Å²) in [5, 5.41) is 0. The molecule has 4 atom stereocenters. The molecule has 4 unspecified atom stereocenters. The van der Waals surface area contributed by atoms with Gasteiger partial charge < -0.3 is 18.9 Å². The van der Waals surface area contributed by atoms with Crippen molar-refractivity contribution >= 4 is 39.9 Å². The zero-order chi connectivity index (χ0) is 21.7. The highest BCUT2D eigenvalue weighted by molar-refractivity contribution is 9.11. The summed E-state index contributed by atoms with van der Waals surface area (Å²) in [7, 11) is 0. The van der Waals surface area contributed by atoms with Crippen molar-refractivity contribution in [3.63, 3.8) is 0 Å². The molecule has 0 spiro atoms. The van der Waals surface area contributed by atoms with Gasteiger partial charge in [-0.15, -0.1) is 0 Å². The monoisotopic (exact) mass is 474 g/mol. The molecule has 29 heavy (non-hydrogen) atoms. The smallest absolute Gasteiger partial charge is 0.330 e. The third kappa shape index (κ3) is 5.64. The maximum Gasteiger partial charge on any atom is 0.330 e. The van der Waals surface area contributed by atoms with Crippen LogP contribution < -0.4 is 11.2 Å². The Labute approximate surface area is 172 Å². The van der Waals surface area contributed by atoms with Gasteiger partial charge in [0.05, 0.1) is 5.56 Å². The van der Waals surface area contributed by atoms with Gasteiger partial charge >= 0.3 is 23.6 Å². The van der Waals surface area contributed by atoms with Crippen molar-refractivity contribution in [2.45, 2.75) is 45.3 Å². The minimum absolute atomic E-state index is 0.110. The zero-order valence-corrected chi connectivity index (χ0v) is 17.3. The predicted octanol–water partition coefficient (Wildman–Crippen LogP) is 0.226. The summed E-state index contributed by atoms with van der Waals surface area (Å²) < 4.78 is 22.2. The second-order valence-electron chi connectivity index (χ2n) is 6.06. The van der Waals surface area contributed by atoms with Crippen LogP contribution >= 0.6 is 15.9 Å². The van der Waals surface area contributed by atoms with Crippen molar-refractivity contribution in [2.75, 3.05) is 6.61 Å². The number of ether oxygens (including phenoxy) is 4. The first-order chi connectivity index (χ1) is 13.6. The van der Waals surface area contributed by atoms with E-state index in [1.807, 2.05) is 0 Å². The molecule has 2 rings (SSSR count). The van der Waals surface area contributed by atoms with Gasteiger partial charge in [-0.2, -0.15) is 0 Å². The van der Waals surface area contributed by atoms with Crippen molar-refractivity contribution in [3.8, 4) is 0 Å². The van der Waals surface area contributed by atoms with Crippen LogP contribution in [0.5, 0.6) is 0 Å². The number of H-pyrrole nitrogens is 1. The Hall–Kier alpha value is -2.73. The summed E-state index contributed by atoms with van der Waals surface area (Å²) in [5.74, 6) is -2.01. The van der Waals surface area contributed by atoms with E-state index in [4.69, 9.17) is 18.9 Å². The van der Waals surface area contributed by atoms with E-state index in [2.05, 4.69) is 20.9 Å². The van der Waals surface area contributed by atoms with Crippen LogP contribution in [-0.2, 0) is 33.3 Å². The zero-order valence-electron chi connectivity index (χ0n) is 15.7. The van der Waals surface area contributed by atoms with Gasteiger partial charge in [-0.1, -0.05) is 15.9 Å². The SMILES string of the molecule is CC(=O)OCC1OC(n2cc(/C=C/Br)c(=O)[nH]c2=O)C(OC(C)=O)C1OC(C)=O. The normalized spacial score (nSPS) is 23.7. The summed E-state index contributed by atoms with van der Waals surface area (Å²) in [6.07, 6.45) is -2.07. The van der Waals surface area contributed by atoms with Crippen molar-refractivity contribution in [1.29, 1.82) is 0 Å². The quantitative estimate of drug-likeness (QED) is 0.452. The number of hydrogen-bond donors (Lipinski definition) is 1. The Balaban J connectivity index is 2.52. The van der Waals surface area contributed by atoms with Crippen LogP contribution in [0.25, 0.3) is 6.08 Å². The lowest BCUT2D eigenvalue weighted by Gasteiger charge is -2.24. The first-order valence-corrected chi connectivity index (χ1v) is 9.31. The third-order valence-electron chi connectivity index (χ3n) is 3.85. The van der Waals surface area contributed by atoms with Crippen LogP contribution in [0, 0.1) is 0 Å². The Morgan fingerprint density at radius 2 is 1.76 bits per heavy atom. The van der Waals surface area contributed by atoms with Gasteiger partial charge in [-0.3, -0.25) is 28.7 Å². The fraction of sp³-hybridized carbons (Fsp3) is 0.471. The highest BCUT2D eigenvalue weighted by atomic mass is 79.9. The average Bonchev–Trinajstić information content (AvgIpc) is 2.92. The number of hydrogen-bond acceptors (Lipinski definition) is 9. The van der Waals surface area contributed by atoms with Crippen molar-refractivity contribution in [1.82, 2.24) is 9.55 Å². The highest BCUT2D eigenvalue weighted by Gasteiger charge is 2.51. The van der Waals surface area contributed by atoms with Crippen LogP contribution in [0.15, 0.2) is 20.8 Å². The van der Waals surface area contributed by atoms with E-state index in [1.54, 1.807) is 0 Å². The van der Waals surface area contributed by atoms with E-state index in [0.717, 1.165) is 18.4 Å². The van der Waals surface area contributed by atoms with Crippen LogP contribution in [0.4, 0.5) is 0 Å². The summed E-state index contributed by atoms with van der Waals surface area (Å²) in [6, 6.07) is 0. The van der Waals surface area contributed by atoms with Gasteiger partial charge in [0.25, 0.3) is 5.56 Å². The minimum Gasteiger partial charge on any atom is -0.463 e. The molecular weight excluding hydrogens is 456 g/mol. The first kappa shape index (κ1) is 22.6. The fourth-order valence-electron chi connectivity index (χ4n) is 2.79. The molecule has 1 aliphatic heterocycles. The van der Waals surface area contributed by atoms with Crippen LogP contribution in [0.2, 0.25) is 0 Å². The predicted molar refractivity (Wildman–Crippen MR) is 101 cm³/mol. The van der Waals surface area contributed by atoms with E-state index in [0.29, 0.717) is 0 Å². The molecule has 1 fully saturated rings. The molecule has 1 aliphatic rings. The molecule has 1 N–H and O–H groups in total. The Morgan fingerprint density at radius 3 is 2.31 bits per heavy atom. The average molecular weight is 475 g/mol. The van der Waals surface area contributed by atoms with Crippen molar-refractivity contribution < 1.29 is 33.3 Å². The lowest BCUT2D eigenvalue weighted by atomic mass is 10.1. The number of nitrogens with zero attached hydrogens (tertiary/aromatic N) is 1. The molecule has 0 radical (unpaired) electrons. The third-order valence-corrected chi connectivity index (χ3v) is 4.12. The number of carbonyl (C=O) groups excluding carboxylic acids is 3. The van der Waals surface area contributed by atoms with Gasteiger partial charge in [0.1, 0.15) is 12.7 Å². The number of carbonyl (C=O) groups is 3. The standard InChI is InChI=1S/C17H19BrN2O9/c1-8(21)26-7-12-13(27-9(2)22)14(28-10(3)23)16(29-12)20-6-11(4-5-18)15(24)19-17(20)25/h4-6,12-14,16H,7H2,1-3H3,(H,19,24,25)/b5-4+. The highest BCUT2D eigenvalue weighted by Crippen LogP contribution is 2.33. The molecule has 1 aromatic heterocycles. The lowest BCUT2D eigenvalue weighted by molar-refractivity contribution is -0.166. The Morgan fingerprint density at radius 1 is 1.14 bits per heavy atom. The largest absolute Gasteiger partial charge is 0.463 e. The second-order valence-corrected chi connectivity index (χ2v) is 6.59. The van der Waals surface area contributed by atoms with E-state index in [9.17, 15) is 24.0 Å². The molecule has 1 saturated heterocycles. The molecule has 11 nitrogen and oxygen atoms in total. The van der Waals surface area contributed by atoms with Crippen LogP contribution in [-0.4, -0.2) is 52.4 Å². The van der Waals surface area contributed by atoms with E-state index < -0.39 is 53.7 Å². The van der Waals surface area contributed by atoms with Gasteiger partial charge in [0.2, 0.25) is 0 Å². The summed E-state index contributed by atoms with van der Waals surface area (Å²) in [6.45, 7) is 3.15. The molecule has 0 saturated carbocycles. The van der Waals surface area contributed by atoms with Gasteiger partial charge in [-0.05, 0) is 11.1 Å². The Kier molecular flexibility index (Phi) is 7.51. The molecular formula is C17H19BrN2O9. The maximum absolute atomic E-state index is 12.4. The second kappa shape index (κ2) is 9.65. The van der Waals surface area contributed by atoms with Crippen LogP contribution in [0.3, 0.4) is 0 Å². The van der Waals surface area contributed by atoms with E-state index in [1.165, 1.54) is 24.2 Å². The number of aromatic amines is 1. The molecule has 2 heterocycles. The van der Waals surface area contributed by atoms with Crippen molar-refractivity contribution in [2.24, 2.45) is 0 Å². The molecule has 0 aliphatic carbocycles. The van der Waals surface area contributed by atoms with Crippen molar-refractivity contribution in [3.05, 3.63) is 37.6 Å². The number of aromatic nitrogens is 2. The number of esters is 3. The van der Waals surface area contributed by atoms with E-state index in [-0.39, 0.29) is 12.2 Å². The van der Waals surface area contributed by atoms with E-state index >= 15 is 0 Å². The lowest BCUT2D eigenvalue weighted by Crippen LogP contribution is -2.42. The fourth-order valence-corrected chi connectivity index (χ4v) is 3.08. The topological polar surface area (TPSA) is 143 Å². The molecule has 0 aromatic carbocycles. The maximum atomic E-state index is 12.4. The first-order valence-electron chi connectivity index (χ1n) is 8.39. The summed E-state index contributed by atoms with van der Waals surface area (Å²) >= 11 is 3.04. The number of rotatable bonds is 6. The van der Waals surface area contributed by atoms with Gasteiger partial charge in [-0.25, -0.2) is 4.79 Å². The molecule has 158 valence electrons. The molecule has 1 aromatic rings. The molecule has 0 amide bonds. The number of halogens is 1. The minimum atomic E-state index is -1.25. The van der Waals surface area contributed by atoms with Gasteiger partial charge in [0.15, 0.2) is 18.4 Å². The number of nitrogens with one attached hydrogen (secondary N) is 1. The Bertz CT molecular complexity index is 936. The van der Waals surface area contributed by atoms with Gasteiger partial charge in [0, 0.05) is 27.0 Å².